The van der Waals surface area contributed by atoms with Gasteiger partial charge in [-0.2, -0.15) is 0 Å². The fraction of sp³-hybridized carbons (Fsp3) is 0.900. The van der Waals surface area contributed by atoms with E-state index in [9.17, 15) is 9.59 Å². The maximum atomic E-state index is 13.1. The van der Waals surface area contributed by atoms with Crippen LogP contribution in [0.2, 0.25) is 0 Å². The van der Waals surface area contributed by atoms with Crippen LogP contribution in [0.1, 0.15) is 73.6 Å². The van der Waals surface area contributed by atoms with Gasteiger partial charge >= 0.3 is 0 Å². The molecule has 0 radical (unpaired) electrons. The molecule has 1 aliphatic carbocycles. The molecule has 1 aliphatic heterocycles. The van der Waals surface area contributed by atoms with Crippen LogP contribution in [0.15, 0.2) is 0 Å². The zero-order chi connectivity index (χ0) is 18.8. The monoisotopic (exact) mass is 352 g/mol. The quantitative estimate of drug-likeness (QED) is 0.844. The van der Waals surface area contributed by atoms with E-state index in [0.29, 0.717) is 31.4 Å². The van der Waals surface area contributed by atoms with E-state index in [2.05, 4.69) is 46.9 Å². The van der Waals surface area contributed by atoms with E-state index in [0.717, 1.165) is 25.7 Å². The Balaban J connectivity index is 2.21. The molecule has 1 unspecified atom stereocenters. The Morgan fingerprint density at radius 1 is 1.24 bits per heavy atom. The van der Waals surface area contributed by atoms with Crippen molar-refractivity contribution in [3.05, 3.63) is 0 Å². The standard InChI is InChI=1S/C20H36N2O3/c1-14(2)12-21-18(24)16-13-25-20(9-7-15(3)8-10-20)22(16)17(23)11-19(4,5)6/h14-16H,7-13H2,1-6H3,(H,21,24). The molecular weight excluding hydrogens is 316 g/mol. The summed E-state index contributed by atoms with van der Waals surface area (Å²) in [6.07, 6.45) is 4.18. The first-order valence-corrected chi connectivity index (χ1v) is 9.78. The second kappa shape index (κ2) is 7.65. The predicted molar refractivity (Wildman–Crippen MR) is 98.9 cm³/mol. The van der Waals surface area contributed by atoms with Gasteiger partial charge in [-0.05, 0) is 42.9 Å². The van der Waals surface area contributed by atoms with Crippen LogP contribution in [0.5, 0.6) is 0 Å². The Morgan fingerprint density at radius 3 is 2.36 bits per heavy atom. The normalized spacial score (nSPS) is 30.1. The van der Waals surface area contributed by atoms with Crippen molar-refractivity contribution in [1.29, 1.82) is 0 Å². The second-order valence-electron chi connectivity index (χ2n) is 9.60. The van der Waals surface area contributed by atoms with Crippen molar-refractivity contribution in [2.45, 2.75) is 85.4 Å². The first-order valence-electron chi connectivity index (χ1n) is 9.78. The van der Waals surface area contributed by atoms with E-state index in [1.807, 2.05) is 0 Å². The highest BCUT2D eigenvalue weighted by Crippen LogP contribution is 2.43. The Hall–Kier alpha value is -1.10. The van der Waals surface area contributed by atoms with Gasteiger partial charge in [0.1, 0.15) is 11.8 Å². The Kier molecular flexibility index (Phi) is 6.18. The maximum absolute atomic E-state index is 13.1. The van der Waals surface area contributed by atoms with E-state index in [1.165, 1.54) is 0 Å². The molecule has 1 saturated heterocycles. The van der Waals surface area contributed by atoms with Crippen molar-refractivity contribution in [2.24, 2.45) is 17.3 Å². The van der Waals surface area contributed by atoms with Crippen LogP contribution in [-0.4, -0.2) is 41.6 Å². The molecule has 2 aliphatic rings. The van der Waals surface area contributed by atoms with E-state index in [4.69, 9.17) is 4.74 Å². The molecule has 1 N–H and O–H groups in total. The van der Waals surface area contributed by atoms with E-state index in [1.54, 1.807) is 4.90 Å². The summed E-state index contributed by atoms with van der Waals surface area (Å²) in [5, 5.41) is 2.99. The minimum Gasteiger partial charge on any atom is -0.354 e. The van der Waals surface area contributed by atoms with E-state index < -0.39 is 11.8 Å². The van der Waals surface area contributed by atoms with Gasteiger partial charge in [0.2, 0.25) is 11.8 Å². The predicted octanol–water partition coefficient (Wildman–Crippen LogP) is 3.33. The summed E-state index contributed by atoms with van der Waals surface area (Å²) in [6, 6.07) is -0.498. The average molecular weight is 353 g/mol. The molecule has 25 heavy (non-hydrogen) atoms. The number of nitrogens with one attached hydrogen (secondary N) is 1. The number of hydrogen-bond donors (Lipinski definition) is 1. The summed E-state index contributed by atoms with van der Waals surface area (Å²) in [5.74, 6) is 1.01. The van der Waals surface area contributed by atoms with Crippen LogP contribution >= 0.6 is 0 Å². The van der Waals surface area contributed by atoms with Gasteiger partial charge in [-0.3, -0.25) is 14.5 Å². The molecule has 0 aromatic carbocycles. The second-order valence-corrected chi connectivity index (χ2v) is 9.60. The number of nitrogens with zero attached hydrogens (tertiary/aromatic N) is 1. The van der Waals surface area contributed by atoms with Gasteiger partial charge in [-0.1, -0.05) is 41.5 Å². The van der Waals surface area contributed by atoms with Crippen molar-refractivity contribution in [3.8, 4) is 0 Å². The third kappa shape index (κ3) is 4.96. The number of carbonyl (C=O) groups is 2. The number of hydrogen-bond acceptors (Lipinski definition) is 3. The summed E-state index contributed by atoms with van der Waals surface area (Å²) in [4.78, 5) is 27.7. The van der Waals surface area contributed by atoms with Gasteiger partial charge < -0.3 is 10.1 Å². The smallest absolute Gasteiger partial charge is 0.245 e. The molecule has 2 rings (SSSR count). The topological polar surface area (TPSA) is 58.6 Å². The van der Waals surface area contributed by atoms with Gasteiger partial charge in [0, 0.05) is 13.0 Å². The molecule has 5 heteroatoms. The largest absolute Gasteiger partial charge is 0.354 e. The lowest BCUT2D eigenvalue weighted by Gasteiger charge is -2.43. The molecule has 144 valence electrons. The fourth-order valence-corrected chi connectivity index (χ4v) is 3.82. The number of carbonyl (C=O) groups excluding carboxylic acids is 2. The molecule has 1 atom stereocenters. The molecule has 0 bridgehead atoms. The van der Waals surface area contributed by atoms with Crippen molar-refractivity contribution >= 4 is 11.8 Å². The minimum atomic E-state index is -0.575. The van der Waals surface area contributed by atoms with Crippen molar-refractivity contribution in [2.75, 3.05) is 13.2 Å². The lowest BCUT2D eigenvalue weighted by atomic mass is 9.82. The Bertz CT molecular complexity index is 488. The molecular formula is C20H36N2O3. The highest BCUT2D eigenvalue weighted by molar-refractivity contribution is 5.89. The Morgan fingerprint density at radius 2 is 1.84 bits per heavy atom. The fourth-order valence-electron chi connectivity index (χ4n) is 3.82. The van der Waals surface area contributed by atoms with Crippen LogP contribution in [0.3, 0.4) is 0 Å². The summed E-state index contributed by atoms with van der Waals surface area (Å²) < 4.78 is 6.16. The lowest BCUT2D eigenvalue weighted by Crippen LogP contribution is -2.57. The molecule has 2 amide bonds. The SMILES string of the molecule is CC(C)CNC(=O)C1COC2(CCC(C)CC2)N1C(=O)CC(C)(C)C. The lowest BCUT2D eigenvalue weighted by molar-refractivity contribution is -0.163. The number of ether oxygens (including phenoxy) is 1. The number of amides is 2. The number of rotatable bonds is 4. The zero-order valence-corrected chi connectivity index (χ0v) is 16.9. The molecule has 1 saturated carbocycles. The first kappa shape index (κ1) is 20.2. The summed E-state index contributed by atoms with van der Waals surface area (Å²) in [7, 11) is 0. The van der Waals surface area contributed by atoms with Crippen LogP contribution < -0.4 is 5.32 Å². The van der Waals surface area contributed by atoms with Gasteiger partial charge in [-0.25, -0.2) is 0 Å². The third-order valence-corrected chi connectivity index (χ3v) is 5.25. The molecule has 0 aromatic rings. The van der Waals surface area contributed by atoms with Crippen LogP contribution in [0, 0.1) is 17.3 Å². The van der Waals surface area contributed by atoms with Crippen molar-refractivity contribution < 1.29 is 14.3 Å². The molecule has 1 spiro atoms. The van der Waals surface area contributed by atoms with Crippen molar-refractivity contribution in [3.63, 3.8) is 0 Å². The Labute approximate surface area is 152 Å². The summed E-state index contributed by atoms with van der Waals surface area (Å²) in [5.41, 5.74) is -0.684. The zero-order valence-electron chi connectivity index (χ0n) is 16.9. The molecule has 1 heterocycles. The van der Waals surface area contributed by atoms with Crippen LogP contribution in [0.4, 0.5) is 0 Å². The molecule has 5 nitrogen and oxygen atoms in total. The van der Waals surface area contributed by atoms with E-state index >= 15 is 0 Å². The highest BCUT2D eigenvalue weighted by atomic mass is 16.5. The third-order valence-electron chi connectivity index (χ3n) is 5.25. The highest BCUT2D eigenvalue weighted by Gasteiger charge is 2.53. The summed E-state index contributed by atoms with van der Waals surface area (Å²) >= 11 is 0. The minimum absolute atomic E-state index is 0.0456. The molecule has 0 aromatic heterocycles. The van der Waals surface area contributed by atoms with Gasteiger partial charge in [0.15, 0.2) is 0 Å². The van der Waals surface area contributed by atoms with E-state index in [-0.39, 0.29) is 17.2 Å². The first-order chi connectivity index (χ1) is 11.5. The average Bonchev–Trinajstić information content (AvgIpc) is 2.86. The molecule has 2 fully saturated rings. The van der Waals surface area contributed by atoms with Crippen LogP contribution in [0.25, 0.3) is 0 Å². The van der Waals surface area contributed by atoms with Crippen molar-refractivity contribution in [1.82, 2.24) is 10.2 Å². The van der Waals surface area contributed by atoms with Crippen LogP contribution in [-0.2, 0) is 14.3 Å². The maximum Gasteiger partial charge on any atom is 0.245 e. The van der Waals surface area contributed by atoms with Gasteiger partial charge in [-0.15, -0.1) is 0 Å². The van der Waals surface area contributed by atoms with Gasteiger partial charge in [0.05, 0.1) is 6.61 Å². The van der Waals surface area contributed by atoms with Gasteiger partial charge in [0.25, 0.3) is 0 Å². The summed E-state index contributed by atoms with van der Waals surface area (Å²) in [6.45, 7) is 13.5.